The fourth-order valence-corrected chi connectivity index (χ4v) is 2.99. The second kappa shape index (κ2) is 9.03. The summed E-state index contributed by atoms with van der Waals surface area (Å²) in [5.74, 6) is 1.60. The van der Waals surface area contributed by atoms with Crippen LogP contribution in [0, 0.1) is 19.8 Å². The van der Waals surface area contributed by atoms with Crippen LogP contribution in [0.5, 0.6) is 0 Å². The molecule has 0 aliphatic carbocycles. The zero-order valence-corrected chi connectivity index (χ0v) is 14.5. The Morgan fingerprint density at radius 2 is 2.04 bits per heavy atom. The highest BCUT2D eigenvalue weighted by Gasteiger charge is 2.23. The van der Waals surface area contributed by atoms with E-state index in [4.69, 9.17) is 14.0 Å². The van der Waals surface area contributed by atoms with Crippen molar-refractivity contribution in [2.75, 3.05) is 40.0 Å². The highest BCUT2D eigenvalue weighted by Crippen LogP contribution is 2.20. The van der Waals surface area contributed by atoms with Crippen molar-refractivity contribution >= 4 is 5.91 Å². The van der Waals surface area contributed by atoms with Crippen molar-refractivity contribution in [3.05, 3.63) is 17.0 Å². The minimum atomic E-state index is 0.226. The standard InChI is InChI=1S/C17H28N2O4/c1-13-16(14(2)23-18-13)4-5-17(20)19-8-6-15(7-9-19)12-22-11-10-21-3/h15H,4-12H2,1-3H3. The maximum Gasteiger partial charge on any atom is 0.222 e. The summed E-state index contributed by atoms with van der Waals surface area (Å²) in [6.07, 6.45) is 3.27. The molecule has 0 atom stereocenters. The number of amides is 1. The quantitative estimate of drug-likeness (QED) is 0.685. The van der Waals surface area contributed by atoms with E-state index in [1.165, 1.54) is 0 Å². The van der Waals surface area contributed by atoms with Gasteiger partial charge >= 0.3 is 0 Å². The Morgan fingerprint density at radius 3 is 2.65 bits per heavy atom. The number of aromatic nitrogens is 1. The van der Waals surface area contributed by atoms with Crippen LogP contribution in [0.4, 0.5) is 0 Å². The third-order valence-electron chi connectivity index (χ3n) is 4.52. The van der Waals surface area contributed by atoms with Gasteiger partial charge in [-0.2, -0.15) is 0 Å². The summed E-state index contributed by atoms with van der Waals surface area (Å²) < 4.78 is 15.7. The molecule has 6 heteroatoms. The van der Waals surface area contributed by atoms with E-state index >= 15 is 0 Å². The van der Waals surface area contributed by atoms with E-state index in [1.807, 2.05) is 18.7 Å². The van der Waals surface area contributed by atoms with Gasteiger partial charge in [-0.15, -0.1) is 0 Å². The van der Waals surface area contributed by atoms with Crippen LogP contribution in [0.15, 0.2) is 4.52 Å². The number of aryl methyl sites for hydroxylation is 2. The summed E-state index contributed by atoms with van der Waals surface area (Å²) in [5.41, 5.74) is 1.96. The van der Waals surface area contributed by atoms with Gasteiger partial charge in [0.25, 0.3) is 0 Å². The topological polar surface area (TPSA) is 64.8 Å². The number of carbonyl (C=O) groups excluding carboxylic acids is 1. The van der Waals surface area contributed by atoms with Gasteiger partial charge in [0.1, 0.15) is 5.76 Å². The van der Waals surface area contributed by atoms with Crippen molar-refractivity contribution in [1.29, 1.82) is 0 Å². The number of piperidine rings is 1. The first-order valence-electron chi connectivity index (χ1n) is 8.38. The van der Waals surface area contributed by atoms with Crippen LogP contribution in [0.25, 0.3) is 0 Å². The van der Waals surface area contributed by atoms with Gasteiger partial charge in [0, 0.05) is 38.8 Å². The Labute approximate surface area is 138 Å². The lowest BCUT2D eigenvalue weighted by molar-refractivity contribution is -0.132. The molecule has 6 nitrogen and oxygen atoms in total. The van der Waals surface area contributed by atoms with Gasteiger partial charge in [-0.05, 0) is 39.0 Å². The molecule has 1 aromatic rings. The summed E-state index contributed by atoms with van der Waals surface area (Å²) in [5, 5.41) is 3.94. The number of rotatable bonds is 8. The molecule has 2 rings (SSSR count). The molecular formula is C17H28N2O4. The van der Waals surface area contributed by atoms with E-state index < -0.39 is 0 Å². The maximum atomic E-state index is 12.3. The summed E-state index contributed by atoms with van der Waals surface area (Å²) >= 11 is 0. The summed E-state index contributed by atoms with van der Waals surface area (Å²) in [6.45, 7) is 7.54. The average Bonchev–Trinajstić information content (AvgIpc) is 2.88. The minimum Gasteiger partial charge on any atom is -0.382 e. The normalized spacial score (nSPS) is 16.0. The molecule has 1 amide bonds. The number of carbonyl (C=O) groups is 1. The van der Waals surface area contributed by atoms with Gasteiger partial charge < -0.3 is 18.9 Å². The lowest BCUT2D eigenvalue weighted by Crippen LogP contribution is -2.39. The molecule has 1 saturated heterocycles. The van der Waals surface area contributed by atoms with Crippen LogP contribution >= 0.6 is 0 Å². The molecule has 0 bridgehead atoms. The second-order valence-electron chi connectivity index (χ2n) is 6.19. The third kappa shape index (κ3) is 5.32. The van der Waals surface area contributed by atoms with E-state index in [2.05, 4.69) is 5.16 Å². The monoisotopic (exact) mass is 324 g/mol. The van der Waals surface area contributed by atoms with E-state index in [-0.39, 0.29) is 5.91 Å². The van der Waals surface area contributed by atoms with Gasteiger partial charge in [-0.25, -0.2) is 0 Å². The molecule has 1 aromatic heterocycles. The molecule has 0 radical (unpaired) electrons. The van der Waals surface area contributed by atoms with Crippen LogP contribution in [-0.4, -0.2) is 56.0 Å². The number of nitrogens with zero attached hydrogens (tertiary/aromatic N) is 2. The number of methoxy groups -OCH3 is 1. The van der Waals surface area contributed by atoms with Gasteiger partial charge in [-0.1, -0.05) is 5.16 Å². The first-order chi connectivity index (χ1) is 11.1. The molecule has 1 aliphatic heterocycles. The zero-order valence-electron chi connectivity index (χ0n) is 14.5. The number of hydrogen-bond acceptors (Lipinski definition) is 5. The lowest BCUT2D eigenvalue weighted by Gasteiger charge is -2.32. The van der Waals surface area contributed by atoms with Crippen LogP contribution in [0.2, 0.25) is 0 Å². The maximum absolute atomic E-state index is 12.3. The van der Waals surface area contributed by atoms with Crippen LogP contribution < -0.4 is 0 Å². The van der Waals surface area contributed by atoms with Gasteiger partial charge in [-0.3, -0.25) is 4.79 Å². The Morgan fingerprint density at radius 1 is 1.30 bits per heavy atom. The van der Waals surface area contributed by atoms with Crippen molar-refractivity contribution in [3.63, 3.8) is 0 Å². The van der Waals surface area contributed by atoms with E-state index in [0.717, 1.165) is 49.6 Å². The predicted octanol–water partition coefficient (Wildman–Crippen LogP) is 2.13. The van der Waals surface area contributed by atoms with E-state index in [1.54, 1.807) is 7.11 Å². The lowest BCUT2D eigenvalue weighted by atomic mass is 9.97. The molecule has 0 aromatic carbocycles. The Balaban J connectivity index is 1.67. The predicted molar refractivity (Wildman–Crippen MR) is 86.3 cm³/mol. The fraction of sp³-hybridized carbons (Fsp3) is 0.765. The molecule has 130 valence electrons. The van der Waals surface area contributed by atoms with Gasteiger partial charge in [0.05, 0.1) is 18.9 Å². The largest absolute Gasteiger partial charge is 0.382 e. The third-order valence-corrected chi connectivity index (χ3v) is 4.52. The molecule has 1 fully saturated rings. The highest BCUT2D eigenvalue weighted by atomic mass is 16.5. The first kappa shape index (κ1) is 17.9. The zero-order chi connectivity index (χ0) is 16.7. The van der Waals surface area contributed by atoms with E-state index in [9.17, 15) is 4.79 Å². The molecule has 0 spiro atoms. The molecule has 0 N–H and O–H groups in total. The van der Waals surface area contributed by atoms with Crippen molar-refractivity contribution in [1.82, 2.24) is 10.1 Å². The van der Waals surface area contributed by atoms with Crippen LogP contribution in [0.3, 0.4) is 0 Å². The second-order valence-corrected chi connectivity index (χ2v) is 6.19. The molecular weight excluding hydrogens is 296 g/mol. The summed E-state index contributed by atoms with van der Waals surface area (Å²) in [6, 6.07) is 0. The van der Waals surface area contributed by atoms with Crippen molar-refractivity contribution in [3.8, 4) is 0 Å². The molecule has 0 unspecified atom stereocenters. The Kier molecular flexibility index (Phi) is 7.05. The molecule has 0 saturated carbocycles. The van der Waals surface area contributed by atoms with Crippen molar-refractivity contribution < 1.29 is 18.8 Å². The molecule has 23 heavy (non-hydrogen) atoms. The van der Waals surface area contributed by atoms with Crippen LogP contribution in [-0.2, 0) is 20.7 Å². The van der Waals surface area contributed by atoms with E-state index in [0.29, 0.717) is 32.0 Å². The Hall–Kier alpha value is -1.40. The molecule has 1 aliphatic rings. The summed E-state index contributed by atoms with van der Waals surface area (Å²) in [7, 11) is 1.68. The minimum absolute atomic E-state index is 0.226. The number of ether oxygens (including phenoxy) is 2. The van der Waals surface area contributed by atoms with Crippen LogP contribution in [0.1, 0.15) is 36.3 Å². The average molecular weight is 324 g/mol. The highest BCUT2D eigenvalue weighted by molar-refractivity contribution is 5.76. The Bertz CT molecular complexity index is 473. The number of hydrogen-bond donors (Lipinski definition) is 0. The van der Waals surface area contributed by atoms with Gasteiger partial charge in [0.15, 0.2) is 0 Å². The van der Waals surface area contributed by atoms with Gasteiger partial charge in [0.2, 0.25) is 5.91 Å². The smallest absolute Gasteiger partial charge is 0.222 e. The number of likely N-dealkylation sites (tertiary alicyclic amines) is 1. The van der Waals surface area contributed by atoms with Crippen molar-refractivity contribution in [2.24, 2.45) is 5.92 Å². The molecule has 2 heterocycles. The first-order valence-corrected chi connectivity index (χ1v) is 8.38. The summed E-state index contributed by atoms with van der Waals surface area (Å²) in [4.78, 5) is 14.3. The SMILES string of the molecule is COCCOCC1CCN(C(=O)CCc2c(C)noc2C)CC1. The fourth-order valence-electron chi connectivity index (χ4n) is 2.99. The van der Waals surface area contributed by atoms with Crippen molar-refractivity contribution in [2.45, 2.75) is 39.5 Å².